The smallest absolute Gasteiger partial charge is 0.320 e. The number of carboxylic acids is 1. The van der Waals surface area contributed by atoms with Gasteiger partial charge in [0.15, 0.2) is 5.78 Å². The Kier molecular flexibility index (Phi) is 4.28. The van der Waals surface area contributed by atoms with Crippen LogP contribution in [0.2, 0.25) is 0 Å². The molecule has 1 rings (SSSR count). The minimum absolute atomic E-state index is 0.267. The van der Waals surface area contributed by atoms with Crippen molar-refractivity contribution >= 4 is 11.8 Å². The first-order valence-electron chi connectivity index (χ1n) is 4.86. The highest BCUT2D eigenvalue weighted by Gasteiger charge is 2.15. The number of nitrogens with one attached hydrogen (secondary N) is 1. The van der Waals surface area contributed by atoms with Gasteiger partial charge in [-0.3, -0.25) is 14.9 Å². The highest BCUT2D eigenvalue weighted by Crippen LogP contribution is 2.09. The Hall–Kier alpha value is -1.82. The van der Waals surface area contributed by atoms with Crippen molar-refractivity contribution in [3.05, 3.63) is 35.4 Å². The largest absolute Gasteiger partial charge is 0.480 e. The number of carbonyl (C=O) groups is 2. The molecule has 17 heavy (non-hydrogen) atoms. The van der Waals surface area contributed by atoms with Crippen LogP contribution in [0.5, 0.6) is 0 Å². The predicted molar refractivity (Wildman–Crippen MR) is 55.8 cm³/mol. The average Bonchev–Trinajstić information content (AvgIpc) is 2.25. The van der Waals surface area contributed by atoms with Crippen LogP contribution in [0, 0.1) is 11.6 Å². The van der Waals surface area contributed by atoms with Crippen LogP contribution in [0.4, 0.5) is 8.78 Å². The summed E-state index contributed by atoms with van der Waals surface area (Å²) in [5.41, 5.74) is -0.267. The van der Waals surface area contributed by atoms with E-state index < -0.39 is 29.4 Å². The molecule has 92 valence electrons. The summed E-state index contributed by atoms with van der Waals surface area (Å²) in [4.78, 5) is 21.9. The maximum atomic E-state index is 13.2. The summed E-state index contributed by atoms with van der Waals surface area (Å²) in [5, 5.41) is 11.0. The molecule has 2 N–H and O–H groups in total. The third-order valence-electron chi connectivity index (χ3n) is 2.17. The number of aliphatic carboxylic acids is 1. The van der Waals surface area contributed by atoms with Gasteiger partial charge in [-0.05, 0) is 19.1 Å². The SMILES string of the molecule is CC(NCC(=O)c1ccc(F)cc1F)C(=O)O. The topological polar surface area (TPSA) is 66.4 Å². The summed E-state index contributed by atoms with van der Waals surface area (Å²) >= 11 is 0. The molecule has 0 aromatic heterocycles. The monoisotopic (exact) mass is 243 g/mol. The normalized spacial score (nSPS) is 12.2. The Morgan fingerprint density at radius 2 is 2.06 bits per heavy atom. The summed E-state index contributed by atoms with van der Waals surface area (Å²) in [5.74, 6) is -3.47. The molecule has 0 radical (unpaired) electrons. The first-order chi connectivity index (χ1) is 7.91. The van der Waals surface area contributed by atoms with Crippen LogP contribution < -0.4 is 5.32 Å². The fourth-order valence-electron chi connectivity index (χ4n) is 1.14. The van der Waals surface area contributed by atoms with E-state index in [1.165, 1.54) is 6.92 Å². The second kappa shape index (κ2) is 5.49. The van der Waals surface area contributed by atoms with E-state index in [4.69, 9.17) is 5.11 Å². The standard InChI is InChI=1S/C11H11F2NO3/c1-6(11(16)17)14-5-10(15)8-3-2-7(12)4-9(8)13/h2-4,6,14H,5H2,1H3,(H,16,17). The molecule has 0 amide bonds. The average molecular weight is 243 g/mol. The van der Waals surface area contributed by atoms with Crippen molar-refractivity contribution in [2.75, 3.05) is 6.54 Å². The van der Waals surface area contributed by atoms with E-state index in [1.54, 1.807) is 0 Å². The maximum Gasteiger partial charge on any atom is 0.320 e. The molecule has 0 saturated carbocycles. The first kappa shape index (κ1) is 13.2. The van der Waals surface area contributed by atoms with Gasteiger partial charge in [0.25, 0.3) is 0 Å². The van der Waals surface area contributed by atoms with Crippen molar-refractivity contribution in [1.82, 2.24) is 5.32 Å². The van der Waals surface area contributed by atoms with E-state index in [2.05, 4.69) is 5.32 Å². The lowest BCUT2D eigenvalue weighted by atomic mass is 10.1. The number of hydrogen-bond acceptors (Lipinski definition) is 3. The number of Topliss-reactive ketones (excluding diaryl/α,β-unsaturated/α-hetero) is 1. The molecule has 0 heterocycles. The highest BCUT2D eigenvalue weighted by atomic mass is 19.1. The van der Waals surface area contributed by atoms with Gasteiger partial charge in [0.2, 0.25) is 0 Å². The van der Waals surface area contributed by atoms with Crippen LogP contribution in [0.1, 0.15) is 17.3 Å². The minimum Gasteiger partial charge on any atom is -0.480 e. The summed E-state index contributed by atoms with van der Waals surface area (Å²) in [6, 6.07) is 1.69. The van der Waals surface area contributed by atoms with Crippen LogP contribution in [0.15, 0.2) is 18.2 Å². The molecular formula is C11H11F2NO3. The molecule has 0 aliphatic heterocycles. The third-order valence-corrected chi connectivity index (χ3v) is 2.17. The van der Waals surface area contributed by atoms with Gasteiger partial charge in [-0.1, -0.05) is 0 Å². The zero-order chi connectivity index (χ0) is 13.0. The first-order valence-corrected chi connectivity index (χ1v) is 4.86. The lowest BCUT2D eigenvalue weighted by molar-refractivity contribution is -0.138. The second-order valence-corrected chi connectivity index (χ2v) is 3.49. The van der Waals surface area contributed by atoms with Crippen molar-refractivity contribution in [2.45, 2.75) is 13.0 Å². The van der Waals surface area contributed by atoms with E-state index in [-0.39, 0.29) is 12.1 Å². The zero-order valence-electron chi connectivity index (χ0n) is 9.04. The Morgan fingerprint density at radius 3 is 2.59 bits per heavy atom. The fourth-order valence-corrected chi connectivity index (χ4v) is 1.14. The number of ketones is 1. The van der Waals surface area contributed by atoms with Crippen LogP contribution in [0.3, 0.4) is 0 Å². The molecule has 0 fully saturated rings. The minimum atomic E-state index is -1.11. The molecule has 0 spiro atoms. The van der Waals surface area contributed by atoms with Crippen LogP contribution in [-0.2, 0) is 4.79 Å². The van der Waals surface area contributed by atoms with Gasteiger partial charge in [0, 0.05) is 6.07 Å². The van der Waals surface area contributed by atoms with Crippen molar-refractivity contribution in [3.8, 4) is 0 Å². The number of hydrogen-bond donors (Lipinski definition) is 2. The van der Waals surface area contributed by atoms with Crippen molar-refractivity contribution in [2.24, 2.45) is 0 Å². The van der Waals surface area contributed by atoms with E-state index >= 15 is 0 Å². The van der Waals surface area contributed by atoms with Crippen LogP contribution in [-0.4, -0.2) is 29.4 Å². The molecule has 4 nitrogen and oxygen atoms in total. The summed E-state index contributed by atoms with van der Waals surface area (Å²) in [6.45, 7) is 1.03. The quantitative estimate of drug-likeness (QED) is 0.763. The van der Waals surface area contributed by atoms with Crippen LogP contribution >= 0.6 is 0 Å². The van der Waals surface area contributed by atoms with Crippen molar-refractivity contribution in [1.29, 1.82) is 0 Å². The van der Waals surface area contributed by atoms with Gasteiger partial charge in [-0.2, -0.15) is 0 Å². The third kappa shape index (κ3) is 3.60. The second-order valence-electron chi connectivity index (χ2n) is 3.49. The molecule has 0 aliphatic carbocycles. The molecule has 0 bridgehead atoms. The lowest BCUT2D eigenvalue weighted by Gasteiger charge is -2.08. The van der Waals surface area contributed by atoms with E-state index in [1.807, 2.05) is 0 Å². The van der Waals surface area contributed by atoms with E-state index in [9.17, 15) is 18.4 Å². The van der Waals surface area contributed by atoms with Crippen molar-refractivity contribution < 1.29 is 23.5 Å². The number of rotatable bonds is 5. The fraction of sp³-hybridized carbons (Fsp3) is 0.273. The Labute approximate surface area is 96.3 Å². The number of benzene rings is 1. The highest BCUT2D eigenvalue weighted by molar-refractivity contribution is 5.98. The zero-order valence-corrected chi connectivity index (χ0v) is 9.04. The molecule has 6 heteroatoms. The number of carboxylic acid groups (broad SMARTS) is 1. The molecule has 0 saturated heterocycles. The molecule has 1 atom stereocenters. The lowest BCUT2D eigenvalue weighted by Crippen LogP contribution is -2.37. The summed E-state index contributed by atoms with van der Waals surface area (Å²) in [6.07, 6.45) is 0. The number of carbonyl (C=O) groups excluding carboxylic acids is 1. The van der Waals surface area contributed by atoms with Crippen LogP contribution in [0.25, 0.3) is 0 Å². The maximum absolute atomic E-state index is 13.2. The van der Waals surface area contributed by atoms with E-state index in [0.717, 1.165) is 12.1 Å². The van der Waals surface area contributed by atoms with Gasteiger partial charge < -0.3 is 5.11 Å². The number of halogens is 2. The Bertz CT molecular complexity index is 448. The summed E-state index contributed by atoms with van der Waals surface area (Å²) < 4.78 is 25.8. The molecular weight excluding hydrogens is 232 g/mol. The van der Waals surface area contributed by atoms with Gasteiger partial charge >= 0.3 is 5.97 Å². The van der Waals surface area contributed by atoms with Gasteiger partial charge in [-0.15, -0.1) is 0 Å². The molecule has 1 aromatic rings. The summed E-state index contributed by atoms with van der Waals surface area (Å²) in [7, 11) is 0. The predicted octanol–water partition coefficient (Wildman–Crippen LogP) is 1.21. The van der Waals surface area contributed by atoms with Gasteiger partial charge in [-0.25, -0.2) is 8.78 Å². The Morgan fingerprint density at radius 1 is 1.41 bits per heavy atom. The van der Waals surface area contributed by atoms with E-state index in [0.29, 0.717) is 6.07 Å². The molecule has 1 aromatic carbocycles. The Balaban J connectivity index is 2.67. The molecule has 0 aliphatic rings. The van der Waals surface area contributed by atoms with Gasteiger partial charge in [0.05, 0.1) is 12.1 Å². The van der Waals surface area contributed by atoms with Gasteiger partial charge in [0.1, 0.15) is 17.7 Å². The molecule has 1 unspecified atom stereocenters. The van der Waals surface area contributed by atoms with Crippen molar-refractivity contribution in [3.63, 3.8) is 0 Å².